The molecule has 1 aliphatic rings. The van der Waals surface area contributed by atoms with E-state index in [1.165, 1.54) is 11.3 Å². The third kappa shape index (κ3) is 2.10. The lowest BCUT2D eigenvalue weighted by molar-refractivity contribution is -0.143. The number of carbonyl (C=O) groups is 1. The summed E-state index contributed by atoms with van der Waals surface area (Å²) >= 11 is 1.48. The van der Waals surface area contributed by atoms with Crippen molar-refractivity contribution in [2.75, 3.05) is 0 Å². The summed E-state index contributed by atoms with van der Waals surface area (Å²) in [5.74, 6) is -0.0803. The highest BCUT2D eigenvalue weighted by Crippen LogP contribution is 2.44. The molecule has 0 aliphatic carbocycles. The van der Waals surface area contributed by atoms with Gasteiger partial charge < -0.3 is 9.63 Å². The lowest BCUT2D eigenvalue weighted by Crippen LogP contribution is -2.45. The van der Waals surface area contributed by atoms with E-state index in [0.29, 0.717) is 18.1 Å². The second-order valence-corrected chi connectivity index (χ2v) is 6.05. The molecule has 20 heavy (non-hydrogen) atoms. The van der Waals surface area contributed by atoms with Gasteiger partial charge in [0.2, 0.25) is 5.89 Å². The van der Waals surface area contributed by atoms with Crippen LogP contribution < -0.4 is 5.32 Å². The summed E-state index contributed by atoms with van der Waals surface area (Å²) in [5.41, 5.74) is -1.02. The van der Waals surface area contributed by atoms with Gasteiger partial charge in [-0.3, -0.25) is 10.1 Å². The molecule has 2 N–H and O–H groups in total. The van der Waals surface area contributed by atoms with Crippen LogP contribution in [0.3, 0.4) is 0 Å². The van der Waals surface area contributed by atoms with Gasteiger partial charge in [-0.25, -0.2) is 4.98 Å². The van der Waals surface area contributed by atoms with Crippen LogP contribution in [0.2, 0.25) is 0 Å². The van der Waals surface area contributed by atoms with Crippen molar-refractivity contribution in [3.63, 3.8) is 0 Å². The zero-order chi connectivity index (χ0) is 14.3. The Hall–Kier alpha value is -1.80. The van der Waals surface area contributed by atoms with Crippen LogP contribution in [0.1, 0.15) is 42.0 Å². The third-order valence-corrected chi connectivity index (χ3v) is 4.41. The Labute approximate surface area is 119 Å². The number of hydrogen-bond acceptors (Lipinski definition) is 7. The first-order chi connectivity index (χ1) is 9.49. The summed E-state index contributed by atoms with van der Waals surface area (Å²) in [6.45, 7) is 3.41. The Kier molecular flexibility index (Phi) is 3.06. The number of aliphatic carboxylic acids is 1. The molecule has 2 aromatic rings. The fourth-order valence-electron chi connectivity index (χ4n) is 2.52. The quantitative estimate of drug-likeness (QED) is 0.884. The number of aromatic nitrogens is 3. The highest BCUT2D eigenvalue weighted by molar-refractivity contribution is 7.09. The lowest BCUT2D eigenvalue weighted by Gasteiger charge is -2.19. The Morgan fingerprint density at radius 1 is 1.65 bits per heavy atom. The van der Waals surface area contributed by atoms with Gasteiger partial charge in [-0.15, -0.1) is 11.3 Å². The number of carboxylic acid groups (broad SMARTS) is 1. The van der Waals surface area contributed by atoms with Crippen LogP contribution in [0.15, 0.2) is 16.1 Å². The van der Waals surface area contributed by atoms with Crippen molar-refractivity contribution in [3.8, 4) is 0 Å². The minimum absolute atomic E-state index is 0.191. The summed E-state index contributed by atoms with van der Waals surface area (Å²) in [4.78, 5) is 20.0. The molecule has 2 aromatic heterocycles. The zero-order valence-electron chi connectivity index (χ0n) is 11.0. The van der Waals surface area contributed by atoms with E-state index in [9.17, 15) is 9.90 Å². The maximum Gasteiger partial charge on any atom is 0.323 e. The summed E-state index contributed by atoms with van der Waals surface area (Å²) in [7, 11) is 0. The molecule has 0 radical (unpaired) electrons. The summed E-state index contributed by atoms with van der Waals surface area (Å²) in [5, 5.41) is 19.0. The Balaban J connectivity index is 1.99. The van der Waals surface area contributed by atoms with Gasteiger partial charge in [-0.05, 0) is 20.3 Å². The van der Waals surface area contributed by atoms with Crippen LogP contribution >= 0.6 is 11.3 Å². The van der Waals surface area contributed by atoms with Crippen LogP contribution in [0, 0.1) is 6.92 Å². The van der Waals surface area contributed by atoms with Crippen LogP contribution in [-0.2, 0) is 4.79 Å². The second-order valence-electron chi connectivity index (χ2n) is 5.12. The Bertz CT molecular complexity index is 626. The molecule has 106 valence electrons. The van der Waals surface area contributed by atoms with Crippen molar-refractivity contribution in [2.24, 2.45) is 0 Å². The van der Waals surface area contributed by atoms with E-state index in [1.807, 2.05) is 5.38 Å². The van der Waals surface area contributed by atoms with Crippen LogP contribution in [-0.4, -0.2) is 31.7 Å². The predicted octanol–water partition coefficient (Wildman–Crippen LogP) is 1.50. The van der Waals surface area contributed by atoms with Gasteiger partial charge in [0, 0.05) is 11.6 Å². The van der Waals surface area contributed by atoms with E-state index < -0.39 is 11.5 Å². The maximum atomic E-state index is 11.5. The van der Waals surface area contributed by atoms with Gasteiger partial charge in [0.25, 0.3) is 0 Å². The molecule has 3 rings (SSSR count). The molecule has 1 aliphatic heterocycles. The van der Waals surface area contributed by atoms with Crippen molar-refractivity contribution < 1.29 is 14.4 Å². The molecule has 7 nitrogen and oxygen atoms in total. The number of aryl methyl sites for hydroxylation is 1. The van der Waals surface area contributed by atoms with E-state index >= 15 is 0 Å². The molecular formula is C12H14N4O3S. The first-order valence-corrected chi connectivity index (χ1v) is 7.08. The monoisotopic (exact) mass is 294 g/mol. The van der Waals surface area contributed by atoms with Crippen LogP contribution in [0.5, 0.6) is 0 Å². The van der Waals surface area contributed by atoms with Crippen LogP contribution in [0.25, 0.3) is 0 Å². The predicted molar refractivity (Wildman–Crippen MR) is 70.4 cm³/mol. The SMILES string of the molecule is Cc1noc([C@H]2C[C@@](C)(C(=O)O)N[C@H]2c2nccs2)n1. The number of carboxylic acids is 1. The average Bonchev–Trinajstić information content (AvgIpc) is 3.07. The molecule has 0 saturated carbocycles. The Morgan fingerprint density at radius 2 is 2.45 bits per heavy atom. The fourth-order valence-corrected chi connectivity index (χ4v) is 3.28. The van der Waals surface area contributed by atoms with Gasteiger partial charge in [0.1, 0.15) is 10.5 Å². The second kappa shape index (κ2) is 4.64. The first-order valence-electron chi connectivity index (χ1n) is 6.20. The highest BCUT2D eigenvalue weighted by atomic mass is 32.1. The molecule has 8 heteroatoms. The van der Waals surface area contributed by atoms with Crippen molar-refractivity contribution in [1.29, 1.82) is 0 Å². The molecular weight excluding hydrogens is 280 g/mol. The smallest absolute Gasteiger partial charge is 0.323 e. The number of thiazole rings is 1. The average molecular weight is 294 g/mol. The molecule has 3 heterocycles. The van der Waals surface area contributed by atoms with Crippen molar-refractivity contribution >= 4 is 17.3 Å². The van der Waals surface area contributed by atoms with E-state index in [4.69, 9.17) is 4.52 Å². The molecule has 3 atom stereocenters. The van der Waals surface area contributed by atoms with E-state index in [1.54, 1.807) is 20.0 Å². The van der Waals surface area contributed by atoms with E-state index in [0.717, 1.165) is 5.01 Å². The van der Waals surface area contributed by atoms with E-state index in [2.05, 4.69) is 20.4 Å². The Morgan fingerprint density at radius 3 is 3.00 bits per heavy atom. The van der Waals surface area contributed by atoms with Gasteiger partial charge in [0.15, 0.2) is 5.82 Å². The lowest BCUT2D eigenvalue weighted by atomic mass is 9.92. The van der Waals surface area contributed by atoms with E-state index in [-0.39, 0.29) is 12.0 Å². The van der Waals surface area contributed by atoms with Gasteiger partial charge >= 0.3 is 5.97 Å². The topological polar surface area (TPSA) is 101 Å². The molecule has 1 fully saturated rings. The first kappa shape index (κ1) is 13.2. The summed E-state index contributed by atoms with van der Waals surface area (Å²) < 4.78 is 5.23. The van der Waals surface area contributed by atoms with Crippen molar-refractivity contribution in [1.82, 2.24) is 20.4 Å². The van der Waals surface area contributed by atoms with Crippen molar-refractivity contribution in [2.45, 2.75) is 37.8 Å². The molecule has 0 aromatic carbocycles. The molecule has 0 amide bonds. The molecule has 0 unspecified atom stereocenters. The zero-order valence-corrected chi connectivity index (χ0v) is 11.8. The maximum absolute atomic E-state index is 11.5. The number of hydrogen-bond donors (Lipinski definition) is 2. The number of rotatable bonds is 3. The van der Waals surface area contributed by atoms with Crippen molar-refractivity contribution in [3.05, 3.63) is 28.3 Å². The van der Waals surface area contributed by atoms with Gasteiger partial charge in [0.05, 0.1) is 12.0 Å². The molecule has 0 bridgehead atoms. The van der Waals surface area contributed by atoms with Gasteiger partial charge in [-0.2, -0.15) is 4.98 Å². The summed E-state index contributed by atoms with van der Waals surface area (Å²) in [6, 6.07) is -0.226. The number of nitrogens with zero attached hydrogens (tertiary/aromatic N) is 3. The summed E-state index contributed by atoms with van der Waals surface area (Å²) in [6.07, 6.45) is 2.09. The standard InChI is InChI=1S/C12H14N4O3S/c1-6-14-9(19-16-6)7-5-12(2,11(17)18)15-8(7)10-13-3-4-20-10/h3-4,7-8,15H,5H2,1-2H3,(H,17,18)/t7-,8+,12-/m0/s1. The molecule has 1 saturated heterocycles. The number of nitrogens with one attached hydrogen (secondary N) is 1. The largest absolute Gasteiger partial charge is 0.480 e. The fraction of sp³-hybridized carbons (Fsp3) is 0.500. The van der Waals surface area contributed by atoms with Crippen LogP contribution in [0.4, 0.5) is 0 Å². The molecule has 0 spiro atoms. The highest BCUT2D eigenvalue weighted by Gasteiger charge is 2.50. The normalized spacial score (nSPS) is 29.7. The minimum atomic E-state index is -1.02. The van der Waals surface area contributed by atoms with Gasteiger partial charge in [-0.1, -0.05) is 5.16 Å². The minimum Gasteiger partial charge on any atom is -0.480 e. The third-order valence-electron chi connectivity index (χ3n) is 3.55.